The summed E-state index contributed by atoms with van der Waals surface area (Å²) in [5, 5.41) is 11.6. The Morgan fingerprint density at radius 3 is 1.74 bits per heavy atom. The third-order valence-corrected chi connectivity index (χ3v) is 4.66. The van der Waals surface area contributed by atoms with Gasteiger partial charge in [0.1, 0.15) is 5.75 Å². The van der Waals surface area contributed by atoms with E-state index in [1.807, 2.05) is 0 Å². The van der Waals surface area contributed by atoms with Gasteiger partial charge in [0, 0.05) is 11.6 Å². The van der Waals surface area contributed by atoms with Crippen LogP contribution in [-0.2, 0) is 16.0 Å². The van der Waals surface area contributed by atoms with Crippen LogP contribution in [0.15, 0.2) is 78.9 Å². The maximum atomic E-state index is 11.2. The largest absolute Gasteiger partial charge is 0.507 e. The van der Waals surface area contributed by atoms with Gasteiger partial charge in [-0.3, -0.25) is 14.9 Å². The van der Waals surface area contributed by atoms with E-state index in [1.54, 1.807) is 18.2 Å². The molecule has 2 N–H and O–H groups in total. The summed E-state index contributed by atoms with van der Waals surface area (Å²) in [6, 6.07) is 23.7. The number of rotatable bonds is 1. The fourth-order valence-corrected chi connectivity index (χ4v) is 3.39. The lowest BCUT2D eigenvalue weighted by Crippen LogP contribution is -2.21. The van der Waals surface area contributed by atoms with Gasteiger partial charge in [-0.1, -0.05) is 66.7 Å². The molecule has 2 aliphatic rings. The third kappa shape index (κ3) is 3.25. The van der Waals surface area contributed by atoms with E-state index in [9.17, 15) is 14.7 Å². The van der Waals surface area contributed by atoms with Gasteiger partial charge in [0.05, 0.1) is 5.57 Å². The lowest BCUT2D eigenvalue weighted by atomic mass is 10.1. The number of nitrogens with one attached hydrogen (secondary N) is 1. The molecule has 0 saturated heterocycles. The molecule has 0 aromatic heterocycles. The number of aromatic hydroxyl groups is 1. The minimum Gasteiger partial charge on any atom is -0.507 e. The van der Waals surface area contributed by atoms with E-state index < -0.39 is 11.8 Å². The Morgan fingerprint density at radius 2 is 1.22 bits per heavy atom. The molecule has 5 rings (SSSR count). The standard InChI is InChI=1S/C13H10.C10H7NO3/c1-3-7-12-10(5-1)9-11-6-2-4-8-13(11)12;12-8-4-2-1-3-6(8)7-5-9(13)11-10(7)14/h1-8H,9H2;1-5,12H,(H,11,13,14). The van der Waals surface area contributed by atoms with Gasteiger partial charge in [-0.25, -0.2) is 0 Å². The maximum Gasteiger partial charge on any atom is 0.259 e. The van der Waals surface area contributed by atoms with Crippen molar-refractivity contribution in [1.29, 1.82) is 0 Å². The number of hydrogen-bond acceptors (Lipinski definition) is 3. The Hall–Kier alpha value is -3.66. The molecule has 3 aromatic carbocycles. The highest BCUT2D eigenvalue weighted by atomic mass is 16.3. The zero-order chi connectivity index (χ0) is 18.8. The highest BCUT2D eigenvalue weighted by Crippen LogP contribution is 2.35. The number of phenolic OH excluding ortho intramolecular Hbond substituents is 1. The molecule has 0 bridgehead atoms. The lowest BCUT2D eigenvalue weighted by molar-refractivity contribution is -0.123. The summed E-state index contributed by atoms with van der Waals surface area (Å²) < 4.78 is 0. The molecular formula is C23H17NO3. The van der Waals surface area contributed by atoms with Crippen LogP contribution in [0.4, 0.5) is 0 Å². The van der Waals surface area contributed by atoms with Crippen molar-refractivity contribution >= 4 is 17.4 Å². The zero-order valence-electron chi connectivity index (χ0n) is 14.5. The normalized spacial score (nSPS) is 13.9. The molecule has 0 unspecified atom stereocenters. The van der Waals surface area contributed by atoms with Gasteiger partial charge in [-0.15, -0.1) is 0 Å². The van der Waals surface area contributed by atoms with Crippen LogP contribution >= 0.6 is 0 Å². The average Bonchev–Trinajstić information content (AvgIpc) is 3.22. The molecule has 2 amide bonds. The predicted molar refractivity (Wildman–Crippen MR) is 104 cm³/mol. The van der Waals surface area contributed by atoms with E-state index in [1.165, 1.54) is 34.4 Å². The summed E-state index contributed by atoms with van der Waals surface area (Å²) >= 11 is 0. The van der Waals surface area contributed by atoms with Crippen LogP contribution in [-0.4, -0.2) is 16.9 Å². The van der Waals surface area contributed by atoms with E-state index in [0.717, 1.165) is 6.42 Å². The summed E-state index contributed by atoms with van der Waals surface area (Å²) in [6.45, 7) is 0. The summed E-state index contributed by atoms with van der Waals surface area (Å²) in [7, 11) is 0. The van der Waals surface area contributed by atoms with E-state index >= 15 is 0 Å². The van der Waals surface area contributed by atoms with Crippen LogP contribution in [0.25, 0.3) is 16.7 Å². The van der Waals surface area contributed by atoms with Gasteiger partial charge in [0.15, 0.2) is 0 Å². The van der Waals surface area contributed by atoms with E-state index in [-0.39, 0.29) is 11.3 Å². The quantitative estimate of drug-likeness (QED) is 0.512. The third-order valence-electron chi connectivity index (χ3n) is 4.66. The molecule has 3 aromatic rings. The van der Waals surface area contributed by atoms with Crippen molar-refractivity contribution in [2.24, 2.45) is 0 Å². The number of para-hydroxylation sites is 1. The summed E-state index contributed by atoms with van der Waals surface area (Å²) in [5.74, 6) is -0.937. The second kappa shape index (κ2) is 6.92. The first-order valence-electron chi connectivity index (χ1n) is 8.65. The van der Waals surface area contributed by atoms with Crippen LogP contribution in [0.2, 0.25) is 0 Å². The van der Waals surface area contributed by atoms with Gasteiger partial charge < -0.3 is 5.11 Å². The first-order chi connectivity index (χ1) is 13.1. The molecule has 1 aliphatic heterocycles. The van der Waals surface area contributed by atoms with Gasteiger partial charge in [0.2, 0.25) is 0 Å². The molecule has 132 valence electrons. The molecule has 0 saturated carbocycles. The Balaban J connectivity index is 0.000000134. The second-order valence-electron chi connectivity index (χ2n) is 6.38. The smallest absolute Gasteiger partial charge is 0.259 e. The molecule has 0 fully saturated rings. The maximum absolute atomic E-state index is 11.2. The molecule has 0 radical (unpaired) electrons. The van der Waals surface area contributed by atoms with Gasteiger partial charge in [0.25, 0.3) is 11.8 Å². The number of benzene rings is 3. The number of amides is 2. The molecule has 27 heavy (non-hydrogen) atoms. The molecule has 0 spiro atoms. The van der Waals surface area contributed by atoms with Crippen molar-refractivity contribution in [2.45, 2.75) is 6.42 Å². The van der Waals surface area contributed by atoms with Crippen molar-refractivity contribution in [3.05, 3.63) is 95.6 Å². The topological polar surface area (TPSA) is 66.4 Å². The number of carbonyl (C=O) groups is 2. The summed E-state index contributed by atoms with van der Waals surface area (Å²) in [5.41, 5.74) is 6.33. The van der Waals surface area contributed by atoms with Crippen molar-refractivity contribution in [3.63, 3.8) is 0 Å². The zero-order valence-corrected chi connectivity index (χ0v) is 14.5. The van der Waals surface area contributed by atoms with Gasteiger partial charge in [-0.2, -0.15) is 0 Å². The molecule has 1 aliphatic carbocycles. The van der Waals surface area contributed by atoms with Crippen LogP contribution in [0.3, 0.4) is 0 Å². The van der Waals surface area contributed by atoms with Gasteiger partial charge >= 0.3 is 0 Å². The number of imide groups is 1. The summed E-state index contributed by atoms with van der Waals surface area (Å²) in [6.07, 6.45) is 2.28. The number of fused-ring (bicyclic) bond motifs is 3. The van der Waals surface area contributed by atoms with E-state index in [0.29, 0.717) is 5.56 Å². The van der Waals surface area contributed by atoms with Crippen molar-refractivity contribution in [3.8, 4) is 16.9 Å². The Labute approximate surface area is 156 Å². The van der Waals surface area contributed by atoms with Crippen LogP contribution in [0.5, 0.6) is 5.75 Å². The van der Waals surface area contributed by atoms with Crippen LogP contribution in [0.1, 0.15) is 16.7 Å². The fourth-order valence-electron chi connectivity index (χ4n) is 3.39. The summed E-state index contributed by atoms with van der Waals surface area (Å²) in [4.78, 5) is 22.1. The van der Waals surface area contributed by atoms with Gasteiger partial charge in [-0.05, 0) is 34.7 Å². The first-order valence-corrected chi connectivity index (χ1v) is 8.65. The number of phenols is 1. The monoisotopic (exact) mass is 355 g/mol. The molecular weight excluding hydrogens is 338 g/mol. The molecule has 4 heteroatoms. The molecule has 1 heterocycles. The number of carbonyl (C=O) groups excluding carboxylic acids is 2. The highest BCUT2D eigenvalue weighted by molar-refractivity contribution is 6.33. The Morgan fingerprint density at radius 1 is 0.704 bits per heavy atom. The number of hydrogen-bond donors (Lipinski definition) is 2. The van der Waals surface area contributed by atoms with Crippen LogP contribution < -0.4 is 5.32 Å². The van der Waals surface area contributed by atoms with E-state index in [4.69, 9.17) is 0 Å². The fraction of sp³-hybridized carbons (Fsp3) is 0.0435. The minimum atomic E-state index is -0.475. The van der Waals surface area contributed by atoms with E-state index in [2.05, 4.69) is 53.8 Å². The van der Waals surface area contributed by atoms with Crippen LogP contribution in [0, 0.1) is 0 Å². The molecule has 0 atom stereocenters. The lowest BCUT2D eigenvalue weighted by Gasteiger charge is -2.01. The SMILES string of the molecule is O=C1C=C(c2ccccc2O)C(=O)N1.c1ccc2c(c1)Cc1ccccc1-2. The van der Waals surface area contributed by atoms with Crippen molar-refractivity contribution < 1.29 is 14.7 Å². The van der Waals surface area contributed by atoms with Crippen molar-refractivity contribution in [1.82, 2.24) is 5.32 Å². The first kappa shape index (κ1) is 16.8. The Bertz CT molecular complexity index is 1040. The predicted octanol–water partition coefficient (Wildman–Crippen LogP) is 3.69. The van der Waals surface area contributed by atoms with Crippen molar-refractivity contribution in [2.75, 3.05) is 0 Å². The Kier molecular flexibility index (Phi) is 4.30. The molecule has 4 nitrogen and oxygen atoms in total. The second-order valence-corrected chi connectivity index (χ2v) is 6.38. The highest BCUT2D eigenvalue weighted by Gasteiger charge is 2.23. The average molecular weight is 355 g/mol. The minimum absolute atomic E-state index is 0.0106.